The van der Waals surface area contributed by atoms with Gasteiger partial charge in [0.25, 0.3) is 0 Å². The molecule has 1 heteroatoms. The summed E-state index contributed by atoms with van der Waals surface area (Å²) in [6, 6.07) is 8.02. The van der Waals surface area contributed by atoms with Crippen molar-refractivity contribution in [2.24, 2.45) is 0 Å². The summed E-state index contributed by atoms with van der Waals surface area (Å²) in [6.07, 6.45) is 5.95. The van der Waals surface area contributed by atoms with E-state index in [0.29, 0.717) is 0 Å². The molecule has 0 heterocycles. The van der Waals surface area contributed by atoms with Crippen LogP contribution in [0.2, 0.25) is 0 Å². The van der Waals surface area contributed by atoms with Gasteiger partial charge in [-0.3, -0.25) is 0 Å². The van der Waals surface area contributed by atoms with E-state index in [4.69, 9.17) is 4.74 Å². The molecule has 0 radical (unpaired) electrons. The molecule has 0 saturated heterocycles. The van der Waals surface area contributed by atoms with E-state index in [1.165, 1.54) is 5.56 Å². The SMILES string of the molecule is C=C/C(=C\CCC)Oc1ccc(C)cc1. The lowest BCUT2D eigenvalue weighted by atomic mass is 10.2. The number of ether oxygens (including phenoxy) is 1. The van der Waals surface area contributed by atoms with Crippen molar-refractivity contribution >= 4 is 0 Å². The van der Waals surface area contributed by atoms with Gasteiger partial charge in [-0.1, -0.05) is 37.6 Å². The van der Waals surface area contributed by atoms with Gasteiger partial charge in [-0.25, -0.2) is 0 Å². The van der Waals surface area contributed by atoms with Gasteiger partial charge in [0.05, 0.1) is 0 Å². The Morgan fingerprint density at radius 2 is 2.00 bits per heavy atom. The van der Waals surface area contributed by atoms with Crippen molar-refractivity contribution in [1.82, 2.24) is 0 Å². The lowest BCUT2D eigenvalue weighted by Gasteiger charge is -2.06. The van der Waals surface area contributed by atoms with Gasteiger partial charge < -0.3 is 4.74 Å². The van der Waals surface area contributed by atoms with Crippen LogP contribution in [0.25, 0.3) is 0 Å². The molecule has 0 spiro atoms. The summed E-state index contributed by atoms with van der Waals surface area (Å²) < 4.78 is 5.66. The Morgan fingerprint density at radius 1 is 1.33 bits per heavy atom. The second kappa shape index (κ2) is 6.07. The van der Waals surface area contributed by atoms with Gasteiger partial charge in [0.15, 0.2) is 0 Å². The highest BCUT2D eigenvalue weighted by atomic mass is 16.5. The third kappa shape index (κ3) is 4.03. The van der Waals surface area contributed by atoms with E-state index in [1.807, 2.05) is 24.3 Å². The Labute approximate surface area is 92.1 Å². The molecule has 0 bridgehead atoms. The number of unbranched alkanes of at least 4 members (excludes halogenated alkanes) is 1. The molecule has 0 aliphatic rings. The first-order valence-electron chi connectivity index (χ1n) is 5.33. The van der Waals surface area contributed by atoms with Crippen LogP contribution in [-0.4, -0.2) is 0 Å². The van der Waals surface area contributed by atoms with Crippen molar-refractivity contribution in [3.8, 4) is 5.75 Å². The van der Waals surface area contributed by atoms with Crippen molar-refractivity contribution in [1.29, 1.82) is 0 Å². The van der Waals surface area contributed by atoms with E-state index in [0.717, 1.165) is 24.4 Å². The quantitative estimate of drug-likeness (QED) is 0.512. The topological polar surface area (TPSA) is 9.23 Å². The highest BCUT2D eigenvalue weighted by Gasteiger charge is 1.95. The molecule has 1 rings (SSSR count). The van der Waals surface area contributed by atoms with Crippen LogP contribution in [0.15, 0.2) is 48.8 Å². The van der Waals surface area contributed by atoms with Crippen LogP contribution in [0.3, 0.4) is 0 Å². The van der Waals surface area contributed by atoms with E-state index in [-0.39, 0.29) is 0 Å². The van der Waals surface area contributed by atoms with Gasteiger partial charge in [0.1, 0.15) is 11.5 Å². The standard InChI is InChI=1S/C14H18O/c1-4-6-7-13(5-2)15-14-10-8-12(3)9-11-14/h5,7-11H,2,4,6H2,1,3H3/b13-7+. The van der Waals surface area contributed by atoms with Crippen LogP contribution in [0.1, 0.15) is 25.3 Å². The molecule has 15 heavy (non-hydrogen) atoms. The van der Waals surface area contributed by atoms with Gasteiger partial charge in [-0.05, 0) is 37.6 Å². The van der Waals surface area contributed by atoms with Gasteiger partial charge >= 0.3 is 0 Å². The second-order valence-electron chi connectivity index (χ2n) is 3.51. The third-order valence-electron chi connectivity index (χ3n) is 2.09. The number of aryl methyl sites for hydroxylation is 1. The van der Waals surface area contributed by atoms with Crippen molar-refractivity contribution in [2.45, 2.75) is 26.7 Å². The summed E-state index contributed by atoms with van der Waals surface area (Å²) >= 11 is 0. The monoisotopic (exact) mass is 202 g/mol. The minimum atomic E-state index is 0.834. The van der Waals surface area contributed by atoms with Crippen LogP contribution in [0.4, 0.5) is 0 Å². The molecule has 1 nitrogen and oxygen atoms in total. The summed E-state index contributed by atoms with van der Waals surface area (Å²) in [5.74, 6) is 1.70. The normalized spacial score (nSPS) is 11.2. The summed E-state index contributed by atoms with van der Waals surface area (Å²) in [5.41, 5.74) is 1.24. The molecule has 1 aromatic carbocycles. The average molecular weight is 202 g/mol. The zero-order valence-corrected chi connectivity index (χ0v) is 9.49. The predicted molar refractivity (Wildman–Crippen MR) is 65.0 cm³/mol. The zero-order valence-electron chi connectivity index (χ0n) is 9.49. The number of hydrogen-bond donors (Lipinski definition) is 0. The molecule has 0 aliphatic carbocycles. The van der Waals surface area contributed by atoms with E-state index in [2.05, 4.69) is 26.5 Å². The summed E-state index contributed by atoms with van der Waals surface area (Å²) in [5, 5.41) is 0. The fourth-order valence-corrected chi connectivity index (χ4v) is 1.20. The van der Waals surface area contributed by atoms with E-state index >= 15 is 0 Å². The molecular formula is C14H18O. The highest BCUT2D eigenvalue weighted by Crippen LogP contribution is 2.15. The average Bonchev–Trinajstić information content (AvgIpc) is 2.27. The van der Waals surface area contributed by atoms with Crippen LogP contribution in [0, 0.1) is 6.92 Å². The van der Waals surface area contributed by atoms with Crippen LogP contribution < -0.4 is 4.74 Å². The number of allylic oxidation sites excluding steroid dienone is 2. The first-order chi connectivity index (χ1) is 7.26. The van der Waals surface area contributed by atoms with Crippen molar-refractivity contribution in [2.75, 3.05) is 0 Å². The first kappa shape index (κ1) is 11.6. The maximum atomic E-state index is 5.66. The number of rotatable bonds is 5. The Hall–Kier alpha value is -1.50. The lowest BCUT2D eigenvalue weighted by Crippen LogP contribution is -1.91. The van der Waals surface area contributed by atoms with E-state index in [9.17, 15) is 0 Å². The van der Waals surface area contributed by atoms with Crippen molar-refractivity contribution in [3.63, 3.8) is 0 Å². The molecule has 0 atom stereocenters. The van der Waals surface area contributed by atoms with E-state index < -0.39 is 0 Å². The predicted octanol–water partition coefficient (Wildman–Crippen LogP) is 4.24. The Balaban J connectivity index is 2.66. The summed E-state index contributed by atoms with van der Waals surface area (Å²) in [4.78, 5) is 0. The summed E-state index contributed by atoms with van der Waals surface area (Å²) in [6.45, 7) is 7.94. The zero-order chi connectivity index (χ0) is 11.1. The Kier molecular flexibility index (Phi) is 4.69. The molecule has 0 amide bonds. The maximum Gasteiger partial charge on any atom is 0.127 e. The third-order valence-corrected chi connectivity index (χ3v) is 2.09. The van der Waals surface area contributed by atoms with Crippen LogP contribution in [-0.2, 0) is 0 Å². The minimum Gasteiger partial charge on any atom is -0.458 e. The van der Waals surface area contributed by atoms with Crippen molar-refractivity contribution < 1.29 is 4.74 Å². The molecule has 0 fully saturated rings. The van der Waals surface area contributed by atoms with Crippen LogP contribution in [0.5, 0.6) is 5.75 Å². The number of benzene rings is 1. The fourth-order valence-electron chi connectivity index (χ4n) is 1.20. The number of hydrogen-bond acceptors (Lipinski definition) is 1. The fraction of sp³-hybridized carbons (Fsp3) is 0.286. The lowest BCUT2D eigenvalue weighted by molar-refractivity contribution is 0.441. The smallest absolute Gasteiger partial charge is 0.127 e. The van der Waals surface area contributed by atoms with Crippen LogP contribution >= 0.6 is 0 Å². The molecule has 0 N–H and O–H groups in total. The maximum absolute atomic E-state index is 5.66. The molecule has 0 unspecified atom stereocenters. The first-order valence-corrected chi connectivity index (χ1v) is 5.33. The van der Waals surface area contributed by atoms with Crippen molar-refractivity contribution in [3.05, 3.63) is 54.3 Å². The largest absolute Gasteiger partial charge is 0.458 e. The van der Waals surface area contributed by atoms with E-state index in [1.54, 1.807) is 6.08 Å². The molecule has 0 aromatic heterocycles. The van der Waals surface area contributed by atoms with Gasteiger partial charge in [0, 0.05) is 0 Å². The molecule has 1 aromatic rings. The highest BCUT2D eigenvalue weighted by molar-refractivity contribution is 5.29. The minimum absolute atomic E-state index is 0.834. The molecule has 0 aliphatic heterocycles. The Morgan fingerprint density at radius 3 is 2.53 bits per heavy atom. The second-order valence-corrected chi connectivity index (χ2v) is 3.51. The Bertz CT molecular complexity index is 333. The van der Waals surface area contributed by atoms with Gasteiger partial charge in [-0.15, -0.1) is 0 Å². The molecular weight excluding hydrogens is 184 g/mol. The van der Waals surface area contributed by atoms with Gasteiger partial charge in [0.2, 0.25) is 0 Å². The molecule has 80 valence electrons. The van der Waals surface area contributed by atoms with Gasteiger partial charge in [-0.2, -0.15) is 0 Å². The summed E-state index contributed by atoms with van der Waals surface area (Å²) in [7, 11) is 0. The molecule has 0 saturated carbocycles.